The third-order valence-electron chi connectivity index (χ3n) is 5.26. The van der Waals surface area contributed by atoms with Gasteiger partial charge in [-0.1, -0.05) is 75.4 Å². The number of nitrogens with zero attached hydrogens (tertiary/aromatic N) is 2. The summed E-state index contributed by atoms with van der Waals surface area (Å²) in [6.07, 6.45) is 3.05. The summed E-state index contributed by atoms with van der Waals surface area (Å²) in [6.45, 7) is 6.58. The molecule has 32 heavy (non-hydrogen) atoms. The highest BCUT2D eigenvalue weighted by atomic mass is 16.2. The van der Waals surface area contributed by atoms with Gasteiger partial charge in [-0.05, 0) is 28.2 Å². The number of aromatic nitrogens is 2. The average Bonchev–Trinajstić information content (AvgIpc) is 2.75. The van der Waals surface area contributed by atoms with Crippen LogP contribution in [0.15, 0.2) is 70.3 Å². The Hall–Kier alpha value is -3.87. The van der Waals surface area contributed by atoms with Gasteiger partial charge in [0.1, 0.15) is 5.82 Å². The van der Waals surface area contributed by atoms with Gasteiger partial charge in [0.25, 0.3) is 11.5 Å². The maximum atomic E-state index is 12.7. The van der Waals surface area contributed by atoms with E-state index >= 15 is 0 Å². The first-order chi connectivity index (χ1) is 15.1. The topological polar surface area (TPSA) is 101 Å². The molecule has 0 saturated carbocycles. The predicted octanol–water partition coefficient (Wildman–Crippen LogP) is 3.14. The Labute approximate surface area is 186 Å². The highest BCUT2D eigenvalue weighted by Crippen LogP contribution is 2.22. The van der Waals surface area contributed by atoms with Gasteiger partial charge in [-0.25, -0.2) is 4.79 Å². The standard InChI is InChI=1S/C25H28N4O3/c1-25(2,3)19-13-10-17(11-14-19)12-15-20(30)28(4)21-22(26)29(24(32)27-23(21)31)16-18-8-6-5-7-9-18/h5-15H,16,26H2,1-4H3,(H,27,31,32)/b15-12+. The number of likely N-dealkylation sites (N-methyl/N-ethyl adjacent to an activating group) is 1. The molecule has 0 aliphatic carbocycles. The van der Waals surface area contributed by atoms with Gasteiger partial charge in [0.2, 0.25) is 0 Å². The van der Waals surface area contributed by atoms with Gasteiger partial charge in [0.05, 0.1) is 6.54 Å². The SMILES string of the molecule is CN(C(=O)/C=C/c1ccc(C(C)(C)C)cc1)c1c(N)n(Cc2ccccc2)c(=O)[nH]c1=O. The first-order valence-corrected chi connectivity index (χ1v) is 10.3. The van der Waals surface area contributed by atoms with Crippen molar-refractivity contribution in [3.8, 4) is 0 Å². The van der Waals surface area contributed by atoms with Gasteiger partial charge in [0, 0.05) is 13.1 Å². The van der Waals surface area contributed by atoms with E-state index in [2.05, 4.69) is 25.8 Å². The van der Waals surface area contributed by atoms with Crippen molar-refractivity contribution in [1.29, 1.82) is 0 Å². The third kappa shape index (κ3) is 5.06. The smallest absolute Gasteiger partial charge is 0.330 e. The maximum Gasteiger partial charge on any atom is 0.330 e. The van der Waals surface area contributed by atoms with Crippen molar-refractivity contribution in [2.45, 2.75) is 32.7 Å². The Morgan fingerprint density at radius 2 is 1.69 bits per heavy atom. The molecule has 1 aromatic heterocycles. The molecule has 0 atom stereocenters. The summed E-state index contributed by atoms with van der Waals surface area (Å²) in [6, 6.07) is 17.2. The predicted molar refractivity (Wildman–Crippen MR) is 129 cm³/mol. The van der Waals surface area contributed by atoms with Crippen molar-refractivity contribution >= 4 is 23.5 Å². The van der Waals surface area contributed by atoms with Crippen LogP contribution in [0, 0.1) is 0 Å². The van der Waals surface area contributed by atoms with Crippen LogP contribution < -0.4 is 21.9 Å². The van der Waals surface area contributed by atoms with E-state index in [1.54, 1.807) is 6.08 Å². The summed E-state index contributed by atoms with van der Waals surface area (Å²) < 4.78 is 1.24. The monoisotopic (exact) mass is 432 g/mol. The highest BCUT2D eigenvalue weighted by Gasteiger charge is 2.20. The van der Waals surface area contributed by atoms with E-state index < -0.39 is 17.2 Å². The molecule has 3 rings (SSSR count). The Bertz CT molecular complexity index is 1250. The summed E-state index contributed by atoms with van der Waals surface area (Å²) in [4.78, 5) is 40.9. The summed E-state index contributed by atoms with van der Waals surface area (Å²) >= 11 is 0. The third-order valence-corrected chi connectivity index (χ3v) is 5.26. The van der Waals surface area contributed by atoms with E-state index in [0.29, 0.717) is 0 Å². The van der Waals surface area contributed by atoms with E-state index in [9.17, 15) is 14.4 Å². The zero-order chi connectivity index (χ0) is 23.5. The van der Waals surface area contributed by atoms with E-state index in [1.165, 1.54) is 23.3 Å². The molecule has 3 aromatic rings. The molecule has 1 amide bonds. The number of nitrogens with two attached hydrogens (primary N) is 1. The number of benzene rings is 2. The Morgan fingerprint density at radius 3 is 2.28 bits per heavy atom. The van der Waals surface area contributed by atoms with Crippen molar-refractivity contribution < 1.29 is 4.79 Å². The molecule has 0 radical (unpaired) electrons. The van der Waals surface area contributed by atoms with Crippen LogP contribution in [-0.2, 0) is 16.8 Å². The molecule has 0 spiro atoms. The fraction of sp³-hybridized carbons (Fsp3) is 0.240. The van der Waals surface area contributed by atoms with E-state index in [0.717, 1.165) is 16.0 Å². The molecule has 0 saturated heterocycles. The minimum absolute atomic E-state index is 0.0414. The number of carbonyl (C=O) groups is 1. The molecule has 0 fully saturated rings. The Kier molecular flexibility index (Phi) is 6.48. The van der Waals surface area contributed by atoms with Gasteiger partial charge in [-0.2, -0.15) is 0 Å². The van der Waals surface area contributed by atoms with Gasteiger partial charge in [-0.3, -0.25) is 19.1 Å². The lowest BCUT2D eigenvalue weighted by Gasteiger charge is -2.19. The fourth-order valence-corrected chi connectivity index (χ4v) is 3.31. The van der Waals surface area contributed by atoms with Crippen LogP contribution in [0.3, 0.4) is 0 Å². The number of carbonyl (C=O) groups excluding carboxylic acids is 1. The second kappa shape index (κ2) is 9.09. The Balaban J connectivity index is 1.86. The quantitative estimate of drug-likeness (QED) is 0.605. The summed E-state index contributed by atoms with van der Waals surface area (Å²) in [5.41, 5.74) is 7.68. The van der Waals surface area contributed by atoms with Crippen molar-refractivity contribution in [2.24, 2.45) is 0 Å². The first kappa shape index (κ1) is 22.8. The normalized spacial score (nSPS) is 11.6. The van der Waals surface area contributed by atoms with Crippen molar-refractivity contribution in [3.05, 3.63) is 98.2 Å². The molecule has 1 heterocycles. The van der Waals surface area contributed by atoms with Crippen LogP contribution in [0.1, 0.15) is 37.5 Å². The number of amides is 1. The van der Waals surface area contributed by atoms with Crippen LogP contribution in [0.4, 0.5) is 11.5 Å². The van der Waals surface area contributed by atoms with E-state index in [1.807, 2.05) is 54.6 Å². The number of nitrogens with one attached hydrogen (secondary N) is 1. The molecular formula is C25H28N4O3. The van der Waals surface area contributed by atoms with Crippen LogP contribution in [0.5, 0.6) is 0 Å². The molecule has 2 aromatic carbocycles. The lowest BCUT2D eigenvalue weighted by Crippen LogP contribution is -2.39. The average molecular weight is 433 g/mol. The lowest BCUT2D eigenvalue weighted by molar-refractivity contribution is -0.113. The lowest BCUT2D eigenvalue weighted by atomic mass is 9.87. The molecule has 0 aliphatic heterocycles. The van der Waals surface area contributed by atoms with Crippen molar-refractivity contribution in [3.63, 3.8) is 0 Å². The van der Waals surface area contributed by atoms with Crippen LogP contribution in [-0.4, -0.2) is 22.5 Å². The number of hydrogen-bond acceptors (Lipinski definition) is 4. The minimum atomic E-state index is -0.712. The number of anilines is 2. The zero-order valence-electron chi connectivity index (χ0n) is 18.8. The van der Waals surface area contributed by atoms with E-state index in [-0.39, 0.29) is 23.5 Å². The number of H-pyrrole nitrogens is 1. The number of hydrogen-bond donors (Lipinski definition) is 2. The van der Waals surface area contributed by atoms with Crippen LogP contribution in [0.25, 0.3) is 6.08 Å². The molecule has 0 unspecified atom stereocenters. The fourth-order valence-electron chi connectivity index (χ4n) is 3.31. The number of rotatable bonds is 5. The highest BCUT2D eigenvalue weighted by molar-refractivity contribution is 6.04. The van der Waals surface area contributed by atoms with Gasteiger partial charge >= 0.3 is 5.69 Å². The van der Waals surface area contributed by atoms with Gasteiger partial charge in [-0.15, -0.1) is 0 Å². The van der Waals surface area contributed by atoms with Gasteiger partial charge in [0.15, 0.2) is 5.69 Å². The molecule has 7 nitrogen and oxygen atoms in total. The number of nitrogen functional groups attached to an aromatic ring is 1. The molecular weight excluding hydrogens is 404 g/mol. The number of aromatic amines is 1. The second-order valence-corrected chi connectivity index (χ2v) is 8.67. The van der Waals surface area contributed by atoms with Crippen molar-refractivity contribution in [1.82, 2.24) is 9.55 Å². The molecule has 3 N–H and O–H groups in total. The second-order valence-electron chi connectivity index (χ2n) is 8.67. The van der Waals surface area contributed by atoms with Crippen LogP contribution in [0.2, 0.25) is 0 Å². The molecule has 166 valence electrons. The largest absolute Gasteiger partial charge is 0.383 e. The van der Waals surface area contributed by atoms with Gasteiger partial charge < -0.3 is 10.6 Å². The maximum absolute atomic E-state index is 12.7. The van der Waals surface area contributed by atoms with Crippen molar-refractivity contribution in [2.75, 3.05) is 17.7 Å². The summed E-state index contributed by atoms with van der Waals surface area (Å²) in [7, 11) is 1.45. The Morgan fingerprint density at radius 1 is 1.06 bits per heavy atom. The van der Waals surface area contributed by atoms with Crippen LogP contribution >= 0.6 is 0 Å². The molecule has 0 bridgehead atoms. The summed E-state index contributed by atoms with van der Waals surface area (Å²) in [5.74, 6) is -0.506. The summed E-state index contributed by atoms with van der Waals surface area (Å²) in [5, 5.41) is 0. The zero-order valence-corrected chi connectivity index (χ0v) is 18.8. The first-order valence-electron chi connectivity index (χ1n) is 10.3. The molecule has 0 aliphatic rings. The van der Waals surface area contributed by atoms with E-state index in [4.69, 9.17) is 5.73 Å². The minimum Gasteiger partial charge on any atom is -0.383 e. The molecule has 7 heteroatoms.